The Kier molecular flexibility index (Phi) is 25.2. The van der Waals surface area contributed by atoms with Gasteiger partial charge in [0.25, 0.3) is 0 Å². The fourth-order valence-corrected chi connectivity index (χ4v) is 2.92. The van der Waals surface area contributed by atoms with E-state index in [1.807, 2.05) is 0 Å². The molecule has 36 heavy (non-hydrogen) atoms. The Morgan fingerprint density at radius 2 is 1.14 bits per heavy atom. The molecule has 3 unspecified atom stereocenters. The van der Waals surface area contributed by atoms with Crippen LogP contribution in [-0.4, -0.2) is 77.0 Å². The second-order valence-electron chi connectivity index (χ2n) is 7.76. The van der Waals surface area contributed by atoms with Crippen LogP contribution in [-0.2, 0) is 28.8 Å². The van der Waals surface area contributed by atoms with Gasteiger partial charge in [0.05, 0.1) is 5.92 Å². The number of ketones is 2. The van der Waals surface area contributed by atoms with Gasteiger partial charge in [0, 0.05) is 52.1 Å². The van der Waals surface area contributed by atoms with Gasteiger partial charge >= 0.3 is 39.9 Å². The normalized spacial score (nSPS) is 16.9. The van der Waals surface area contributed by atoms with E-state index >= 15 is 0 Å². The van der Waals surface area contributed by atoms with Crippen LogP contribution in [0.25, 0.3) is 0 Å². The number of carbonyl (C=O) groups is 6. The molecule has 3 atom stereocenters. The molecule has 17 heteroatoms. The van der Waals surface area contributed by atoms with Crippen LogP contribution >= 0.6 is 72.1 Å². The summed E-state index contributed by atoms with van der Waals surface area (Å²) in [5.41, 5.74) is 0. The third kappa shape index (κ3) is 19.4. The second kappa shape index (κ2) is 23.0. The van der Waals surface area contributed by atoms with Crippen molar-refractivity contribution >= 4 is 121 Å². The molecule has 2 heterocycles. The number of hydrogen-bond acceptors (Lipinski definition) is 6. The minimum absolute atomic E-state index is 0.0518. The monoisotopic (exact) mass is 894 g/mol. The van der Waals surface area contributed by atoms with E-state index in [-0.39, 0.29) is 54.6 Å². The first-order valence-corrected chi connectivity index (χ1v) is 19.1. The summed E-state index contributed by atoms with van der Waals surface area (Å²) >= 11 is 5.06. The minimum atomic E-state index is -0.582. The number of carbonyl (C=O) groups excluding carboxylic acids is 6. The van der Waals surface area contributed by atoms with Crippen LogP contribution < -0.4 is 21.0 Å². The maximum Gasteiger partial charge on any atom is 0.229 e. The Hall–Kier alpha value is 1.29. The molecular weight excluding hydrogens is 858 g/mol. The summed E-state index contributed by atoms with van der Waals surface area (Å²) < 4.78 is 1.44. The molecule has 0 spiro atoms. The van der Waals surface area contributed by atoms with Crippen molar-refractivity contribution in [1.82, 2.24) is 9.80 Å². The quantitative estimate of drug-likeness (QED) is 0.0967. The van der Waals surface area contributed by atoms with Crippen molar-refractivity contribution in [2.24, 2.45) is 5.92 Å². The largest absolute Gasteiger partial charge is 0.299 e. The molecule has 0 aromatic heterocycles. The molecule has 1 radical (unpaired) electrons. The summed E-state index contributed by atoms with van der Waals surface area (Å²) in [7, 11) is 9.38. The van der Waals surface area contributed by atoms with Gasteiger partial charge in [0.1, 0.15) is 11.6 Å². The first kappa shape index (κ1) is 39.4. The zero-order chi connectivity index (χ0) is 28.4. The summed E-state index contributed by atoms with van der Waals surface area (Å²) in [6, 6.07) is 0. The number of likely N-dealkylation sites (tertiary alicyclic amines) is 2. The first-order chi connectivity index (χ1) is 16.7. The van der Waals surface area contributed by atoms with E-state index in [1.165, 1.54) is 16.8 Å². The van der Waals surface area contributed by atoms with Crippen LogP contribution in [0.3, 0.4) is 0 Å². The van der Waals surface area contributed by atoms with Crippen molar-refractivity contribution in [1.29, 1.82) is 0 Å². The Balaban J connectivity index is 0. The molecule has 1 saturated carbocycles. The summed E-state index contributed by atoms with van der Waals surface area (Å²) in [4.78, 5) is 72.9. The van der Waals surface area contributed by atoms with E-state index < -0.39 is 5.92 Å². The van der Waals surface area contributed by atoms with E-state index in [2.05, 4.69) is 95.5 Å². The van der Waals surface area contributed by atoms with Crippen molar-refractivity contribution in [2.45, 2.75) is 58.6 Å². The van der Waals surface area contributed by atoms with Crippen LogP contribution in [0.4, 0.5) is 0 Å². The predicted octanol–water partition coefficient (Wildman–Crippen LogP) is -0.218. The van der Waals surface area contributed by atoms with Crippen molar-refractivity contribution < 1.29 is 49.8 Å². The molecule has 3 aliphatic rings. The zero-order valence-electron chi connectivity index (χ0n) is 21.2. The molecule has 203 valence electrons. The summed E-state index contributed by atoms with van der Waals surface area (Å²) in [6.45, 7) is 4.44. The predicted molar refractivity (Wildman–Crippen MR) is 172 cm³/mol. The van der Waals surface area contributed by atoms with Crippen LogP contribution in [0, 0.1) is 5.92 Å². The van der Waals surface area contributed by atoms with Crippen LogP contribution in [0.15, 0.2) is 0 Å². The standard InChI is InChI=1S/C11H13NO4.C5H7NO2.3CH5BIP/c13-8-1-2-9(14)7(8)5-6-12-10(15)3-4-11(12)16;1-6-4(7)2-3-5(6)8;1-3-2-4;2*1-2(3)4/h7H,1-6H2;2-3H2,1H3;3*4H2,1H3/q;;-1;;. The Morgan fingerprint density at radius 1 is 0.833 bits per heavy atom. The van der Waals surface area contributed by atoms with Crippen molar-refractivity contribution in [3.05, 3.63) is 0 Å². The minimum Gasteiger partial charge on any atom is -0.299 e. The third-order valence-corrected chi connectivity index (χ3v) is 7.03. The number of alkyl halides is 1. The van der Waals surface area contributed by atoms with Gasteiger partial charge in [-0.3, -0.25) is 38.6 Å². The van der Waals surface area contributed by atoms with Gasteiger partial charge < -0.3 is 0 Å². The van der Waals surface area contributed by atoms with Crippen LogP contribution in [0.2, 0.25) is 13.6 Å². The number of imide groups is 2. The average molecular weight is 894 g/mol. The maximum absolute atomic E-state index is 11.3. The zero-order valence-corrected chi connectivity index (χ0v) is 31.1. The molecular formula is C19H35B3I3N2O6P3-. The number of halogens is 3. The van der Waals surface area contributed by atoms with E-state index in [4.69, 9.17) is 0 Å². The fraction of sp³-hybridized carbons (Fsp3) is 0.684. The SMILES string of the molecule is CB(P)I.CB(P)I.CN1C(=O)CCC1=O.C[I-][B]P.O=C1CCC(=O)C1CCN1C(=O)CCC1=O. The molecule has 1 aliphatic carbocycles. The van der Waals surface area contributed by atoms with Gasteiger partial charge in [0.15, 0.2) is 0 Å². The first-order valence-electron chi connectivity index (χ1n) is 11.2. The molecule has 2 saturated heterocycles. The number of amides is 4. The van der Waals surface area contributed by atoms with Gasteiger partial charge in [-0.05, 0) is 6.42 Å². The number of Topliss-reactive ketones (excluding diaryl/α,β-unsaturated/α-hetero) is 2. The van der Waals surface area contributed by atoms with Gasteiger partial charge in [-0.1, -0.05) is 13.6 Å². The van der Waals surface area contributed by atoms with E-state index in [1.54, 1.807) is 0 Å². The number of nitrogens with zero attached hydrogens (tertiary/aromatic N) is 2. The van der Waals surface area contributed by atoms with Gasteiger partial charge in [-0.15, -0.1) is 44.7 Å². The molecule has 8 nitrogen and oxygen atoms in total. The van der Waals surface area contributed by atoms with Crippen molar-refractivity contribution in [3.8, 4) is 0 Å². The molecule has 4 amide bonds. The second-order valence-corrected chi connectivity index (χ2v) is 20.1. The topological polar surface area (TPSA) is 109 Å². The average Bonchev–Trinajstić information content (AvgIpc) is 3.39. The number of rotatable bonds is 4. The fourth-order valence-electron chi connectivity index (χ4n) is 2.92. The molecule has 2 aliphatic heterocycles. The van der Waals surface area contributed by atoms with Gasteiger partial charge in [-0.2, -0.15) is 18.2 Å². The summed E-state index contributed by atoms with van der Waals surface area (Å²) in [5, 5.41) is 0. The van der Waals surface area contributed by atoms with E-state index in [0.717, 1.165) is 8.58 Å². The van der Waals surface area contributed by atoms with Crippen LogP contribution in [0.1, 0.15) is 44.9 Å². The third-order valence-electron chi connectivity index (χ3n) is 4.62. The Bertz CT molecular complexity index is 672. The Labute approximate surface area is 260 Å². The molecule has 0 bridgehead atoms. The molecule has 0 aromatic carbocycles. The number of hydrogen-bond donors (Lipinski definition) is 0. The smallest absolute Gasteiger partial charge is 0.229 e. The van der Waals surface area contributed by atoms with Gasteiger partial charge in [-0.25, -0.2) is 0 Å². The van der Waals surface area contributed by atoms with Crippen LogP contribution in [0.5, 0.6) is 0 Å². The molecule has 0 aromatic rings. The Morgan fingerprint density at radius 3 is 1.39 bits per heavy atom. The molecule has 3 rings (SSSR count). The molecule has 0 N–H and O–H groups in total. The summed E-state index contributed by atoms with van der Waals surface area (Å²) in [6.07, 6.45) is 2.23. The van der Waals surface area contributed by atoms with E-state index in [9.17, 15) is 28.8 Å². The maximum atomic E-state index is 11.3. The summed E-state index contributed by atoms with van der Waals surface area (Å²) in [5.74, 6) is -1.19. The molecule has 3 fully saturated rings. The van der Waals surface area contributed by atoms with E-state index in [0.29, 0.717) is 53.1 Å². The van der Waals surface area contributed by atoms with Gasteiger partial charge in [0.2, 0.25) is 32.2 Å². The van der Waals surface area contributed by atoms with Crippen molar-refractivity contribution in [3.63, 3.8) is 0 Å². The van der Waals surface area contributed by atoms with Crippen molar-refractivity contribution in [2.75, 3.05) is 18.5 Å².